The minimum atomic E-state index is -1.31. The van der Waals surface area contributed by atoms with Gasteiger partial charge in [0, 0.05) is 5.56 Å². The third-order valence-electron chi connectivity index (χ3n) is 6.16. The Morgan fingerprint density at radius 1 is 0.879 bits per heavy atom. The first-order valence-electron chi connectivity index (χ1n) is 10.8. The van der Waals surface area contributed by atoms with Crippen molar-refractivity contribution in [3.05, 3.63) is 113 Å². The summed E-state index contributed by atoms with van der Waals surface area (Å²) in [6.45, 7) is 3.95. The van der Waals surface area contributed by atoms with E-state index in [4.69, 9.17) is 4.42 Å². The quantitative estimate of drug-likeness (QED) is 0.448. The highest BCUT2D eigenvalue weighted by Crippen LogP contribution is 2.37. The van der Waals surface area contributed by atoms with E-state index < -0.39 is 11.6 Å². The van der Waals surface area contributed by atoms with Crippen LogP contribution in [0.5, 0.6) is 0 Å². The Balaban J connectivity index is 1.53. The summed E-state index contributed by atoms with van der Waals surface area (Å²) < 4.78 is 5.86. The number of oxazole rings is 1. The fraction of sp³-hybridized carbons (Fsp3) is 0.148. The van der Waals surface area contributed by atoms with E-state index in [1.165, 1.54) is 4.90 Å². The lowest BCUT2D eigenvalue weighted by Gasteiger charge is -2.28. The van der Waals surface area contributed by atoms with Gasteiger partial charge >= 0.3 is 6.03 Å². The fourth-order valence-corrected chi connectivity index (χ4v) is 4.19. The van der Waals surface area contributed by atoms with E-state index in [-0.39, 0.29) is 12.5 Å². The third kappa shape index (κ3) is 3.49. The van der Waals surface area contributed by atoms with Gasteiger partial charge in [0.05, 0.1) is 6.20 Å². The first-order valence-corrected chi connectivity index (χ1v) is 10.8. The van der Waals surface area contributed by atoms with Crippen molar-refractivity contribution in [1.82, 2.24) is 15.2 Å². The Bertz CT molecular complexity index is 1330. The molecule has 0 radical (unpaired) electrons. The molecule has 0 bridgehead atoms. The van der Waals surface area contributed by atoms with Crippen LogP contribution in [0.25, 0.3) is 11.3 Å². The van der Waals surface area contributed by atoms with Gasteiger partial charge in [0.1, 0.15) is 6.54 Å². The maximum absolute atomic E-state index is 13.9. The molecule has 1 aromatic heterocycles. The molecule has 6 nitrogen and oxygen atoms in total. The Labute approximate surface area is 191 Å². The summed E-state index contributed by atoms with van der Waals surface area (Å²) in [7, 11) is 0. The summed E-state index contributed by atoms with van der Waals surface area (Å²) in [5.41, 5.74) is 3.14. The van der Waals surface area contributed by atoms with Gasteiger partial charge < -0.3 is 9.73 Å². The average molecular weight is 437 g/mol. The molecule has 1 fully saturated rings. The van der Waals surface area contributed by atoms with Crippen molar-refractivity contribution < 1.29 is 14.0 Å². The fourth-order valence-electron chi connectivity index (χ4n) is 4.19. The smallest absolute Gasteiger partial charge is 0.326 e. The zero-order valence-electron chi connectivity index (χ0n) is 18.4. The molecule has 2 heterocycles. The number of hydrogen-bond donors (Lipinski definition) is 1. The minimum Gasteiger partial charge on any atom is -0.439 e. The van der Waals surface area contributed by atoms with Crippen LogP contribution in [0.15, 0.2) is 89.5 Å². The monoisotopic (exact) mass is 437 g/mol. The number of urea groups is 1. The molecule has 1 aliphatic rings. The Hall–Kier alpha value is -4.19. The number of carbonyl (C=O) groups is 2. The van der Waals surface area contributed by atoms with Crippen molar-refractivity contribution in [2.75, 3.05) is 0 Å². The summed E-state index contributed by atoms with van der Waals surface area (Å²) in [6.07, 6.45) is 1.61. The van der Waals surface area contributed by atoms with E-state index >= 15 is 0 Å². The van der Waals surface area contributed by atoms with E-state index in [0.717, 1.165) is 22.3 Å². The average Bonchev–Trinajstić information content (AvgIpc) is 3.41. The van der Waals surface area contributed by atoms with Crippen LogP contribution < -0.4 is 5.32 Å². The van der Waals surface area contributed by atoms with Crippen molar-refractivity contribution in [3.8, 4) is 11.3 Å². The number of hydrogen-bond acceptors (Lipinski definition) is 4. The Kier molecular flexibility index (Phi) is 5.05. The number of rotatable bonds is 5. The SMILES string of the molecule is Cc1ccc([C@@]2(c3ccccc3)NC(=O)N(Cc3ncc(-c4ccccc4)o3)C2=O)cc1C. The zero-order valence-corrected chi connectivity index (χ0v) is 18.4. The zero-order chi connectivity index (χ0) is 23.0. The van der Waals surface area contributed by atoms with Crippen LogP contribution in [0.4, 0.5) is 4.79 Å². The summed E-state index contributed by atoms with van der Waals surface area (Å²) >= 11 is 0. The number of carbonyl (C=O) groups excluding carboxylic acids is 2. The first-order chi connectivity index (χ1) is 16.0. The van der Waals surface area contributed by atoms with Gasteiger partial charge in [-0.1, -0.05) is 78.9 Å². The predicted octanol–water partition coefficient (Wildman–Crippen LogP) is 4.95. The van der Waals surface area contributed by atoms with E-state index in [0.29, 0.717) is 17.2 Å². The van der Waals surface area contributed by atoms with Gasteiger partial charge in [0.25, 0.3) is 5.91 Å². The highest BCUT2D eigenvalue weighted by atomic mass is 16.4. The van der Waals surface area contributed by atoms with Crippen molar-refractivity contribution in [2.24, 2.45) is 0 Å². The van der Waals surface area contributed by atoms with Gasteiger partial charge in [0.15, 0.2) is 11.3 Å². The molecule has 1 N–H and O–H groups in total. The van der Waals surface area contributed by atoms with Crippen molar-refractivity contribution >= 4 is 11.9 Å². The largest absolute Gasteiger partial charge is 0.439 e. The topological polar surface area (TPSA) is 75.4 Å². The Morgan fingerprint density at radius 2 is 1.58 bits per heavy atom. The first kappa shape index (κ1) is 20.7. The second-order valence-electron chi connectivity index (χ2n) is 8.22. The van der Waals surface area contributed by atoms with Crippen LogP contribution in [0, 0.1) is 13.8 Å². The number of aryl methyl sites for hydroxylation is 2. The number of nitrogens with one attached hydrogen (secondary N) is 1. The molecule has 4 aromatic rings. The predicted molar refractivity (Wildman–Crippen MR) is 124 cm³/mol. The molecule has 3 aromatic carbocycles. The molecule has 1 aliphatic heterocycles. The van der Waals surface area contributed by atoms with Crippen LogP contribution in [-0.2, 0) is 16.9 Å². The van der Waals surface area contributed by atoms with Crippen molar-refractivity contribution in [2.45, 2.75) is 25.9 Å². The molecule has 1 saturated heterocycles. The lowest BCUT2D eigenvalue weighted by molar-refractivity contribution is -0.130. The van der Waals surface area contributed by atoms with Crippen LogP contribution in [-0.4, -0.2) is 21.8 Å². The third-order valence-corrected chi connectivity index (χ3v) is 6.16. The van der Waals surface area contributed by atoms with Gasteiger partial charge in [-0.2, -0.15) is 0 Å². The molecule has 0 spiro atoms. The molecule has 164 valence electrons. The molecular weight excluding hydrogens is 414 g/mol. The summed E-state index contributed by atoms with van der Waals surface area (Å²) in [4.78, 5) is 32.5. The summed E-state index contributed by atoms with van der Waals surface area (Å²) in [5.74, 6) is 0.517. The van der Waals surface area contributed by atoms with Gasteiger partial charge in [-0.3, -0.25) is 9.69 Å². The second kappa shape index (κ2) is 8.06. The van der Waals surface area contributed by atoms with Crippen LogP contribution in [0.2, 0.25) is 0 Å². The summed E-state index contributed by atoms with van der Waals surface area (Å²) in [5, 5.41) is 2.97. The number of imide groups is 1. The van der Waals surface area contributed by atoms with E-state index in [1.54, 1.807) is 6.20 Å². The maximum atomic E-state index is 13.9. The van der Waals surface area contributed by atoms with Crippen LogP contribution in [0.3, 0.4) is 0 Å². The minimum absolute atomic E-state index is 0.0586. The molecule has 1 atom stereocenters. The van der Waals surface area contributed by atoms with Crippen molar-refractivity contribution in [1.29, 1.82) is 0 Å². The molecule has 0 saturated carbocycles. The van der Waals surface area contributed by atoms with Crippen LogP contribution in [0.1, 0.15) is 28.1 Å². The summed E-state index contributed by atoms with van der Waals surface area (Å²) in [6, 6.07) is 24.2. The highest BCUT2D eigenvalue weighted by Gasteiger charge is 2.54. The highest BCUT2D eigenvalue weighted by molar-refractivity contribution is 6.09. The lowest BCUT2D eigenvalue weighted by atomic mass is 9.81. The lowest BCUT2D eigenvalue weighted by Crippen LogP contribution is -2.45. The molecule has 33 heavy (non-hydrogen) atoms. The van der Waals surface area contributed by atoms with Gasteiger partial charge in [0.2, 0.25) is 5.89 Å². The van der Waals surface area contributed by atoms with Crippen LogP contribution >= 0.6 is 0 Å². The molecule has 3 amide bonds. The van der Waals surface area contributed by atoms with Gasteiger partial charge in [-0.05, 0) is 36.1 Å². The van der Waals surface area contributed by atoms with E-state index in [9.17, 15) is 9.59 Å². The molecule has 0 unspecified atom stereocenters. The number of nitrogens with zero attached hydrogens (tertiary/aromatic N) is 2. The molecular formula is C27H23N3O3. The number of aromatic nitrogens is 1. The molecule has 0 aliphatic carbocycles. The maximum Gasteiger partial charge on any atom is 0.326 e. The Morgan fingerprint density at radius 3 is 2.27 bits per heavy atom. The second-order valence-corrected chi connectivity index (χ2v) is 8.22. The number of amides is 3. The van der Waals surface area contributed by atoms with E-state index in [1.807, 2.05) is 92.7 Å². The van der Waals surface area contributed by atoms with Crippen molar-refractivity contribution in [3.63, 3.8) is 0 Å². The van der Waals surface area contributed by atoms with Gasteiger partial charge in [-0.15, -0.1) is 0 Å². The normalized spacial score (nSPS) is 17.9. The van der Waals surface area contributed by atoms with Gasteiger partial charge in [-0.25, -0.2) is 9.78 Å². The standard InChI is InChI=1S/C27H23N3O3/c1-18-13-14-22(15-19(18)2)27(21-11-7-4-8-12-21)25(31)30(26(32)29-27)17-24-28-16-23(33-24)20-9-5-3-6-10-20/h3-16H,17H2,1-2H3,(H,29,32)/t27-/m1/s1. The molecule has 6 heteroatoms. The molecule has 5 rings (SSSR count). The number of benzene rings is 3. The van der Waals surface area contributed by atoms with E-state index in [2.05, 4.69) is 10.3 Å².